The van der Waals surface area contributed by atoms with Gasteiger partial charge in [0.05, 0.1) is 14.3 Å². The molecule has 0 saturated carbocycles. The first kappa shape index (κ1) is 13.7. The summed E-state index contributed by atoms with van der Waals surface area (Å²) in [5.74, 6) is 0.795. The predicted molar refractivity (Wildman–Crippen MR) is 81.2 cm³/mol. The Balaban J connectivity index is 1.96. The van der Waals surface area contributed by atoms with Crippen molar-refractivity contribution >= 4 is 8.07 Å². The van der Waals surface area contributed by atoms with E-state index in [9.17, 15) is 5.11 Å². The fourth-order valence-electron chi connectivity index (χ4n) is 2.05. The van der Waals surface area contributed by atoms with Crippen LogP contribution >= 0.6 is 0 Å². The molecule has 1 N–H and O–H groups in total. The minimum absolute atomic E-state index is 0.215. The number of aromatic hydroxyl groups is 1. The summed E-state index contributed by atoms with van der Waals surface area (Å²) in [4.78, 5) is 0. The average molecular weight is 272 g/mol. The van der Waals surface area contributed by atoms with Gasteiger partial charge in [0.1, 0.15) is 0 Å². The molecule has 100 valence electrons. The molecule has 2 nitrogen and oxygen atoms in total. The summed E-state index contributed by atoms with van der Waals surface area (Å²) in [6, 6.07) is 18.7. The molecule has 0 aliphatic rings. The molecule has 0 aliphatic carbocycles. The molecule has 0 unspecified atom stereocenters. The Hall–Kier alpha value is -1.74. The maximum Gasteiger partial charge on any atom is 0.160 e. The van der Waals surface area contributed by atoms with Gasteiger partial charge in [0.25, 0.3) is 0 Å². The van der Waals surface area contributed by atoms with Crippen LogP contribution in [0.4, 0.5) is 0 Å². The highest BCUT2D eigenvalue weighted by Crippen LogP contribution is 2.25. The van der Waals surface area contributed by atoms with E-state index in [2.05, 4.69) is 37.4 Å². The second-order valence-corrected chi connectivity index (χ2v) is 10.6. The van der Waals surface area contributed by atoms with Crippen molar-refractivity contribution < 1.29 is 9.84 Å². The summed E-state index contributed by atoms with van der Waals surface area (Å²) < 4.78 is 5.79. The van der Waals surface area contributed by atoms with Crippen LogP contribution in [0.15, 0.2) is 54.6 Å². The van der Waals surface area contributed by atoms with Gasteiger partial charge < -0.3 is 9.84 Å². The van der Waals surface area contributed by atoms with Crippen LogP contribution in [0.1, 0.15) is 5.56 Å². The standard InChI is InChI=1S/C16H20O2Si/c1-19(2,12-14-8-4-3-5-9-14)13-18-16-11-7-6-10-15(16)17/h3-11,17H,12-13H2,1-2H3. The zero-order chi connectivity index (χ0) is 13.7. The molecular formula is C16H20O2Si. The fraction of sp³-hybridized carbons (Fsp3) is 0.250. The Morgan fingerprint density at radius 3 is 2.26 bits per heavy atom. The summed E-state index contributed by atoms with van der Waals surface area (Å²) in [6.07, 6.45) is 0.708. The molecule has 0 fully saturated rings. The SMILES string of the molecule is C[Si](C)(COc1ccccc1O)Cc1ccccc1. The van der Waals surface area contributed by atoms with Gasteiger partial charge in [-0.3, -0.25) is 0 Å². The van der Waals surface area contributed by atoms with E-state index < -0.39 is 8.07 Å². The molecule has 2 aromatic carbocycles. The van der Waals surface area contributed by atoms with Crippen molar-refractivity contribution in [1.29, 1.82) is 0 Å². The normalized spacial score (nSPS) is 11.3. The van der Waals surface area contributed by atoms with E-state index >= 15 is 0 Å². The van der Waals surface area contributed by atoms with Crippen molar-refractivity contribution in [3.8, 4) is 11.5 Å². The van der Waals surface area contributed by atoms with E-state index in [1.165, 1.54) is 5.56 Å². The minimum atomic E-state index is -1.48. The van der Waals surface area contributed by atoms with Gasteiger partial charge in [-0.05, 0) is 18.2 Å². The Kier molecular flexibility index (Phi) is 4.27. The number of hydrogen-bond donors (Lipinski definition) is 1. The van der Waals surface area contributed by atoms with Gasteiger partial charge in [-0.2, -0.15) is 0 Å². The number of benzene rings is 2. The van der Waals surface area contributed by atoms with Gasteiger partial charge in [-0.15, -0.1) is 0 Å². The Bertz CT molecular complexity index is 523. The van der Waals surface area contributed by atoms with Crippen LogP contribution in [0.3, 0.4) is 0 Å². The van der Waals surface area contributed by atoms with E-state index in [1.54, 1.807) is 12.1 Å². The number of phenols is 1. The van der Waals surface area contributed by atoms with Gasteiger partial charge in [-0.25, -0.2) is 0 Å². The largest absolute Gasteiger partial charge is 0.504 e. The first-order valence-electron chi connectivity index (χ1n) is 6.52. The van der Waals surface area contributed by atoms with E-state index in [1.807, 2.05) is 18.2 Å². The van der Waals surface area contributed by atoms with Crippen molar-refractivity contribution in [2.75, 3.05) is 6.23 Å². The minimum Gasteiger partial charge on any atom is -0.504 e. The third-order valence-electron chi connectivity index (χ3n) is 3.01. The van der Waals surface area contributed by atoms with E-state index in [4.69, 9.17) is 4.74 Å². The molecule has 0 aromatic heterocycles. The van der Waals surface area contributed by atoms with Crippen LogP contribution in [0.2, 0.25) is 13.1 Å². The monoisotopic (exact) mass is 272 g/mol. The highest BCUT2D eigenvalue weighted by atomic mass is 28.3. The molecule has 0 aliphatic heterocycles. The molecular weight excluding hydrogens is 252 g/mol. The summed E-state index contributed by atoms with van der Waals surface area (Å²) in [5, 5.41) is 9.69. The topological polar surface area (TPSA) is 29.5 Å². The van der Waals surface area contributed by atoms with Crippen molar-refractivity contribution in [2.45, 2.75) is 19.1 Å². The number of phenolic OH excluding ortho intramolecular Hbond substituents is 1. The van der Waals surface area contributed by atoms with Crippen molar-refractivity contribution in [3.63, 3.8) is 0 Å². The quantitative estimate of drug-likeness (QED) is 0.839. The van der Waals surface area contributed by atoms with Gasteiger partial charge in [0.15, 0.2) is 11.5 Å². The van der Waals surface area contributed by atoms with E-state index in [-0.39, 0.29) is 5.75 Å². The molecule has 19 heavy (non-hydrogen) atoms. The van der Waals surface area contributed by atoms with Crippen molar-refractivity contribution in [3.05, 3.63) is 60.2 Å². The Morgan fingerprint density at radius 2 is 1.58 bits per heavy atom. The lowest BCUT2D eigenvalue weighted by atomic mass is 10.2. The van der Waals surface area contributed by atoms with Crippen LogP contribution in [0.25, 0.3) is 0 Å². The van der Waals surface area contributed by atoms with Gasteiger partial charge in [-0.1, -0.05) is 61.1 Å². The lowest BCUT2D eigenvalue weighted by Crippen LogP contribution is -2.37. The maximum atomic E-state index is 9.69. The predicted octanol–water partition coefficient (Wildman–Crippen LogP) is 3.80. The highest BCUT2D eigenvalue weighted by molar-refractivity contribution is 6.76. The summed E-state index contributed by atoms with van der Waals surface area (Å²) >= 11 is 0. The Morgan fingerprint density at radius 1 is 0.947 bits per heavy atom. The van der Waals surface area contributed by atoms with Crippen molar-refractivity contribution in [1.82, 2.24) is 0 Å². The second kappa shape index (κ2) is 5.93. The maximum absolute atomic E-state index is 9.69. The zero-order valence-corrected chi connectivity index (χ0v) is 12.5. The molecule has 2 rings (SSSR count). The van der Waals surface area contributed by atoms with Crippen LogP contribution in [0, 0.1) is 0 Å². The number of rotatable bonds is 5. The summed E-state index contributed by atoms with van der Waals surface area (Å²) in [7, 11) is -1.48. The molecule has 0 radical (unpaired) electrons. The highest BCUT2D eigenvalue weighted by Gasteiger charge is 2.23. The summed E-state index contributed by atoms with van der Waals surface area (Å²) in [6.45, 7) is 4.61. The molecule has 0 heterocycles. The molecule has 0 bridgehead atoms. The van der Waals surface area contributed by atoms with Crippen LogP contribution in [0.5, 0.6) is 11.5 Å². The first-order chi connectivity index (χ1) is 9.07. The van der Waals surface area contributed by atoms with Crippen molar-refractivity contribution in [2.24, 2.45) is 0 Å². The van der Waals surface area contributed by atoms with Gasteiger partial charge >= 0.3 is 0 Å². The fourth-order valence-corrected chi connectivity index (χ4v) is 4.04. The third-order valence-corrected chi connectivity index (χ3v) is 5.30. The molecule has 3 heteroatoms. The first-order valence-corrected chi connectivity index (χ1v) is 9.93. The molecule has 2 aromatic rings. The molecule has 0 saturated heterocycles. The van der Waals surface area contributed by atoms with E-state index in [0.717, 1.165) is 6.04 Å². The second-order valence-electron chi connectivity index (χ2n) is 5.58. The number of para-hydroxylation sites is 2. The lowest BCUT2D eigenvalue weighted by molar-refractivity contribution is 0.347. The van der Waals surface area contributed by atoms with Gasteiger partial charge in [0.2, 0.25) is 0 Å². The average Bonchev–Trinajstić information content (AvgIpc) is 2.38. The lowest BCUT2D eigenvalue weighted by Gasteiger charge is -2.23. The third kappa shape index (κ3) is 4.14. The number of hydrogen-bond acceptors (Lipinski definition) is 2. The number of ether oxygens (including phenoxy) is 1. The molecule has 0 spiro atoms. The Labute approximate surface area is 115 Å². The smallest absolute Gasteiger partial charge is 0.160 e. The molecule has 0 atom stereocenters. The zero-order valence-electron chi connectivity index (χ0n) is 11.5. The van der Waals surface area contributed by atoms with Crippen LogP contribution in [-0.4, -0.2) is 19.4 Å². The van der Waals surface area contributed by atoms with Crippen LogP contribution < -0.4 is 4.74 Å². The van der Waals surface area contributed by atoms with Crippen LogP contribution in [-0.2, 0) is 6.04 Å². The molecule has 0 amide bonds. The van der Waals surface area contributed by atoms with Gasteiger partial charge in [0, 0.05) is 0 Å². The van der Waals surface area contributed by atoms with E-state index in [0.29, 0.717) is 12.0 Å². The summed E-state index contributed by atoms with van der Waals surface area (Å²) in [5.41, 5.74) is 1.36.